The number of nitrogens with zero attached hydrogens (tertiary/aromatic N) is 3. The van der Waals surface area contributed by atoms with Crippen molar-refractivity contribution < 1.29 is 9.57 Å². The molecule has 3 rings (SSSR count). The van der Waals surface area contributed by atoms with Crippen molar-refractivity contribution in [2.75, 3.05) is 13.7 Å². The predicted molar refractivity (Wildman–Crippen MR) is 96.5 cm³/mol. The van der Waals surface area contributed by atoms with Crippen molar-refractivity contribution >= 4 is 41.1 Å². The summed E-state index contributed by atoms with van der Waals surface area (Å²) in [5.41, 5.74) is 1.49. The second-order valence-corrected chi connectivity index (χ2v) is 5.80. The Hall–Kier alpha value is -2.08. The van der Waals surface area contributed by atoms with Gasteiger partial charge >= 0.3 is 0 Å². The first-order chi connectivity index (χ1) is 11.7. The summed E-state index contributed by atoms with van der Waals surface area (Å²) in [6, 6.07) is 13.2. The third-order valence-electron chi connectivity index (χ3n) is 3.35. The Balaban J connectivity index is 1.77. The van der Waals surface area contributed by atoms with E-state index in [9.17, 15) is 0 Å². The molecule has 0 atom stereocenters. The number of aliphatic imine (C=N–C) groups is 2. The zero-order valence-corrected chi connectivity index (χ0v) is 14.5. The van der Waals surface area contributed by atoms with Gasteiger partial charge in [0, 0.05) is 18.3 Å². The van der Waals surface area contributed by atoms with Crippen molar-refractivity contribution in [3.63, 3.8) is 0 Å². The summed E-state index contributed by atoms with van der Waals surface area (Å²) in [5, 5.41) is 2.37. The second-order valence-electron chi connectivity index (χ2n) is 4.98. The first-order valence-corrected chi connectivity index (χ1v) is 8.01. The van der Waals surface area contributed by atoms with E-state index in [2.05, 4.69) is 9.98 Å². The molecule has 2 aromatic carbocycles. The monoisotopic (exact) mass is 363 g/mol. The fourth-order valence-corrected chi connectivity index (χ4v) is 2.68. The molecule has 0 radical (unpaired) electrons. The van der Waals surface area contributed by atoms with Crippen LogP contribution in [0.3, 0.4) is 0 Å². The minimum atomic E-state index is 0.386. The Labute approximate surface area is 150 Å². The molecule has 5 nitrogen and oxygen atoms in total. The lowest BCUT2D eigenvalue weighted by atomic mass is 10.2. The number of methoxy groups -OCH3 is 1. The van der Waals surface area contributed by atoms with E-state index in [4.69, 9.17) is 32.8 Å². The highest BCUT2D eigenvalue weighted by molar-refractivity contribution is 6.39. The first-order valence-electron chi connectivity index (χ1n) is 7.26. The molecular weight excluding hydrogens is 349 g/mol. The minimum Gasteiger partial charge on any atom is -0.497 e. The maximum atomic E-state index is 6.23. The number of ether oxygens (including phenoxy) is 1. The van der Waals surface area contributed by atoms with Gasteiger partial charge in [-0.25, -0.2) is 15.0 Å². The van der Waals surface area contributed by atoms with E-state index < -0.39 is 0 Å². The van der Waals surface area contributed by atoms with Crippen LogP contribution in [0.4, 0.5) is 5.69 Å². The fourth-order valence-electron chi connectivity index (χ4n) is 2.13. The molecule has 0 fully saturated rings. The molecule has 0 saturated heterocycles. The number of rotatable bonds is 5. The predicted octanol–water partition coefficient (Wildman–Crippen LogP) is 4.51. The van der Waals surface area contributed by atoms with Crippen molar-refractivity contribution in [3.05, 3.63) is 58.1 Å². The zero-order chi connectivity index (χ0) is 16.9. The quantitative estimate of drug-likeness (QED) is 0.784. The van der Waals surface area contributed by atoms with Crippen LogP contribution in [-0.4, -0.2) is 30.9 Å². The first kappa shape index (κ1) is 16.8. The Morgan fingerprint density at radius 2 is 1.88 bits per heavy atom. The molecule has 0 saturated carbocycles. The molecule has 1 aliphatic rings. The molecule has 0 aromatic heterocycles. The van der Waals surface area contributed by atoms with Crippen LogP contribution in [0.25, 0.3) is 0 Å². The van der Waals surface area contributed by atoms with Gasteiger partial charge in [-0.15, -0.1) is 0 Å². The summed E-state index contributed by atoms with van der Waals surface area (Å²) in [6.07, 6.45) is 1.72. The zero-order valence-electron chi connectivity index (χ0n) is 12.9. The Morgan fingerprint density at radius 3 is 2.54 bits per heavy atom. The Kier molecular flexibility index (Phi) is 5.35. The van der Waals surface area contributed by atoms with Gasteiger partial charge in [-0.1, -0.05) is 53.5 Å². The van der Waals surface area contributed by atoms with E-state index in [1.54, 1.807) is 30.5 Å². The van der Waals surface area contributed by atoms with Crippen LogP contribution in [0, 0.1) is 0 Å². The number of hydroxylamine groups is 2. The maximum Gasteiger partial charge on any atom is 0.250 e. The lowest BCUT2D eigenvalue weighted by Crippen LogP contribution is -2.26. The number of benzene rings is 2. The lowest BCUT2D eigenvalue weighted by molar-refractivity contribution is -0.0975. The van der Waals surface area contributed by atoms with Gasteiger partial charge in [-0.2, -0.15) is 0 Å². The molecular formula is C17H15Cl2N3O2. The lowest BCUT2D eigenvalue weighted by Gasteiger charge is -2.17. The second kappa shape index (κ2) is 7.66. The van der Waals surface area contributed by atoms with Gasteiger partial charge in [0.15, 0.2) is 0 Å². The normalized spacial score (nSPS) is 15.3. The summed E-state index contributed by atoms with van der Waals surface area (Å²) in [7, 11) is 1.55. The van der Waals surface area contributed by atoms with Crippen LogP contribution < -0.4 is 4.74 Å². The summed E-state index contributed by atoms with van der Waals surface area (Å²) in [4.78, 5) is 14.4. The molecule has 1 aliphatic heterocycles. The van der Waals surface area contributed by atoms with E-state index in [1.165, 1.54) is 0 Å². The SMILES string of the molecule is COc1cc(Cl)c(N=C2N=CCN2OCc2ccccc2)c(Cl)c1. The highest BCUT2D eigenvalue weighted by atomic mass is 35.5. The fraction of sp³-hybridized carbons (Fsp3) is 0.176. The minimum absolute atomic E-state index is 0.386. The van der Waals surface area contributed by atoms with Crippen LogP contribution in [-0.2, 0) is 11.4 Å². The summed E-state index contributed by atoms with van der Waals surface area (Å²) in [6.45, 7) is 0.935. The van der Waals surface area contributed by atoms with Crippen LogP contribution in [0.15, 0.2) is 52.4 Å². The molecule has 124 valence electrons. The molecule has 0 N–H and O–H groups in total. The molecule has 0 aliphatic carbocycles. The van der Waals surface area contributed by atoms with Crippen LogP contribution >= 0.6 is 23.2 Å². The molecule has 0 bridgehead atoms. The van der Waals surface area contributed by atoms with Gasteiger partial charge in [-0.05, 0) is 5.56 Å². The average molecular weight is 364 g/mol. The van der Waals surface area contributed by atoms with Gasteiger partial charge in [0.05, 0.1) is 23.7 Å². The van der Waals surface area contributed by atoms with Crippen molar-refractivity contribution in [1.29, 1.82) is 0 Å². The van der Waals surface area contributed by atoms with Crippen molar-refractivity contribution in [1.82, 2.24) is 5.06 Å². The Morgan fingerprint density at radius 1 is 1.17 bits per heavy atom. The van der Waals surface area contributed by atoms with Gasteiger partial charge in [0.1, 0.15) is 18.0 Å². The van der Waals surface area contributed by atoms with Gasteiger partial charge in [0.2, 0.25) is 0 Å². The Bertz CT molecular complexity index is 756. The molecule has 1 heterocycles. The highest BCUT2D eigenvalue weighted by Gasteiger charge is 2.18. The molecule has 0 spiro atoms. The van der Waals surface area contributed by atoms with E-state index in [-0.39, 0.29) is 0 Å². The number of halogens is 2. The van der Waals surface area contributed by atoms with Gasteiger partial charge in [0.25, 0.3) is 5.96 Å². The van der Waals surface area contributed by atoms with E-state index >= 15 is 0 Å². The van der Waals surface area contributed by atoms with Crippen LogP contribution in [0.1, 0.15) is 5.56 Å². The van der Waals surface area contributed by atoms with E-state index in [1.807, 2.05) is 30.3 Å². The number of hydrogen-bond acceptors (Lipinski definition) is 3. The number of guanidine groups is 1. The molecule has 2 aromatic rings. The van der Waals surface area contributed by atoms with Crippen LogP contribution in [0.5, 0.6) is 5.75 Å². The van der Waals surface area contributed by atoms with Crippen molar-refractivity contribution in [3.8, 4) is 5.75 Å². The van der Waals surface area contributed by atoms with E-state index in [0.29, 0.717) is 40.6 Å². The standard InChI is InChI=1S/C17H15Cl2N3O2/c1-23-13-9-14(18)16(15(19)10-13)21-17-20-7-8-22(17)24-11-12-5-3-2-4-6-12/h2-7,9-10H,8,11H2,1H3. The van der Waals surface area contributed by atoms with Gasteiger partial charge < -0.3 is 4.74 Å². The smallest absolute Gasteiger partial charge is 0.250 e. The third-order valence-corrected chi connectivity index (χ3v) is 3.92. The topological polar surface area (TPSA) is 46.4 Å². The molecule has 24 heavy (non-hydrogen) atoms. The van der Waals surface area contributed by atoms with E-state index in [0.717, 1.165) is 5.56 Å². The maximum absolute atomic E-state index is 6.23. The van der Waals surface area contributed by atoms with Crippen molar-refractivity contribution in [2.24, 2.45) is 9.98 Å². The van der Waals surface area contributed by atoms with Crippen LogP contribution in [0.2, 0.25) is 10.0 Å². The molecule has 0 amide bonds. The summed E-state index contributed by atoms with van der Waals surface area (Å²) >= 11 is 12.5. The average Bonchev–Trinajstić information content (AvgIpc) is 3.04. The third kappa shape index (κ3) is 3.87. The number of hydrogen-bond donors (Lipinski definition) is 0. The molecule has 7 heteroatoms. The van der Waals surface area contributed by atoms with Gasteiger partial charge in [-0.3, -0.25) is 4.84 Å². The summed E-state index contributed by atoms with van der Waals surface area (Å²) < 4.78 is 5.13. The highest BCUT2D eigenvalue weighted by Crippen LogP contribution is 2.37. The summed E-state index contributed by atoms with van der Waals surface area (Å²) in [5.74, 6) is 0.973. The van der Waals surface area contributed by atoms with Crippen molar-refractivity contribution in [2.45, 2.75) is 6.61 Å². The molecule has 0 unspecified atom stereocenters. The largest absolute Gasteiger partial charge is 0.497 e.